The van der Waals surface area contributed by atoms with Crippen molar-refractivity contribution in [3.63, 3.8) is 0 Å². The largest absolute Gasteiger partial charge is 0.201 e. The van der Waals surface area contributed by atoms with E-state index >= 15 is 0 Å². The Bertz CT molecular complexity index is 496. The highest BCUT2D eigenvalue weighted by Gasteiger charge is 2.35. The molecule has 0 nitrogen and oxygen atoms in total. The van der Waals surface area contributed by atoms with Crippen LogP contribution in [-0.4, -0.2) is 14.8 Å². The molecule has 4 heteroatoms. The highest BCUT2D eigenvalue weighted by molar-refractivity contribution is 6.68. The molecule has 2 aromatic rings. The molecule has 0 aromatic heterocycles. The van der Waals surface area contributed by atoms with E-state index in [-0.39, 0.29) is 16.9 Å². The van der Waals surface area contributed by atoms with Crippen LogP contribution in [0.5, 0.6) is 0 Å². The van der Waals surface area contributed by atoms with Crippen molar-refractivity contribution in [3.05, 3.63) is 70.8 Å². The molecule has 0 radical (unpaired) electrons. The van der Waals surface area contributed by atoms with Gasteiger partial charge in [-0.15, -0.1) is 0 Å². The van der Waals surface area contributed by atoms with Crippen LogP contribution in [0.25, 0.3) is 0 Å². The average molecular weight is 346 g/mol. The van der Waals surface area contributed by atoms with E-state index in [0.717, 1.165) is 11.1 Å². The second-order valence-corrected chi connectivity index (χ2v) is 7.16. The SMILES string of the molecule is Cc1ccc(C(c2ccc(C)cc2)C(Cl)(Cl)Cl)cc1.[SiH4]. The van der Waals surface area contributed by atoms with Gasteiger partial charge in [-0.25, -0.2) is 0 Å². The summed E-state index contributed by atoms with van der Waals surface area (Å²) in [5, 5.41) is 0. The van der Waals surface area contributed by atoms with Gasteiger partial charge in [0.15, 0.2) is 0 Å². The highest BCUT2D eigenvalue weighted by Crippen LogP contribution is 2.45. The van der Waals surface area contributed by atoms with Gasteiger partial charge >= 0.3 is 0 Å². The van der Waals surface area contributed by atoms with Gasteiger partial charge in [-0.3, -0.25) is 0 Å². The summed E-state index contributed by atoms with van der Waals surface area (Å²) >= 11 is 18.5. The van der Waals surface area contributed by atoms with E-state index in [1.165, 1.54) is 11.1 Å². The van der Waals surface area contributed by atoms with Gasteiger partial charge in [0.05, 0.1) is 5.92 Å². The number of benzene rings is 2. The molecule has 2 aromatic carbocycles. The Morgan fingerprint density at radius 3 is 1.25 bits per heavy atom. The molecule has 20 heavy (non-hydrogen) atoms. The minimum absolute atomic E-state index is 0. The number of halogens is 3. The molecule has 0 fully saturated rings. The van der Waals surface area contributed by atoms with Gasteiger partial charge in [-0.2, -0.15) is 0 Å². The van der Waals surface area contributed by atoms with Crippen molar-refractivity contribution in [2.75, 3.05) is 0 Å². The van der Waals surface area contributed by atoms with Crippen molar-refractivity contribution in [2.24, 2.45) is 0 Å². The molecule has 0 unspecified atom stereocenters. The summed E-state index contributed by atoms with van der Waals surface area (Å²) in [6, 6.07) is 16.2. The smallest absolute Gasteiger partial charge is 0.0826 e. The molecule has 0 spiro atoms. The Morgan fingerprint density at radius 2 is 1.00 bits per heavy atom. The fourth-order valence-electron chi connectivity index (χ4n) is 2.09. The normalized spacial score (nSPS) is 11.3. The zero-order chi connectivity index (χ0) is 14.0. The Labute approximate surface area is 140 Å². The zero-order valence-electron chi connectivity index (χ0n) is 10.8. The molecule has 0 atom stereocenters. The van der Waals surface area contributed by atoms with Crippen molar-refractivity contribution >= 4 is 45.8 Å². The summed E-state index contributed by atoms with van der Waals surface area (Å²) in [5.74, 6) is -0.265. The third-order valence-corrected chi connectivity index (χ3v) is 3.80. The third-order valence-electron chi connectivity index (χ3n) is 3.15. The summed E-state index contributed by atoms with van der Waals surface area (Å²) in [7, 11) is 0. The molecule has 2 rings (SSSR count). The van der Waals surface area contributed by atoms with Gasteiger partial charge in [0.2, 0.25) is 3.79 Å². The number of aryl methyl sites for hydroxylation is 2. The molecule has 0 aliphatic heterocycles. The van der Waals surface area contributed by atoms with E-state index in [1.54, 1.807) is 0 Å². The van der Waals surface area contributed by atoms with Crippen LogP contribution >= 0.6 is 34.8 Å². The highest BCUT2D eigenvalue weighted by atomic mass is 35.6. The lowest BCUT2D eigenvalue weighted by Crippen LogP contribution is -2.18. The first-order valence-corrected chi connectivity index (χ1v) is 7.21. The molecule has 0 aliphatic rings. The van der Waals surface area contributed by atoms with Crippen LogP contribution in [0.4, 0.5) is 0 Å². The zero-order valence-corrected chi connectivity index (χ0v) is 13.1. The quantitative estimate of drug-likeness (QED) is 0.560. The average Bonchev–Trinajstić information content (AvgIpc) is 2.33. The molecule has 0 aliphatic carbocycles. The van der Waals surface area contributed by atoms with Crippen molar-refractivity contribution in [2.45, 2.75) is 23.6 Å². The molecule has 0 amide bonds. The van der Waals surface area contributed by atoms with Crippen LogP contribution in [-0.2, 0) is 0 Å². The molecular formula is C16H19Cl3Si. The van der Waals surface area contributed by atoms with E-state index < -0.39 is 3.79 Å². The molecule has 0 bridgehead atoms. The lowest BCUT2D eigenvalue weighted by Gasteiger charge is -2.25. The van der Waals surface area contributed by atoms with E-state index in [2.05, 4.69) is 0 Å². The second-order valence-electron chi connectivity index (χ2n) is 4.80. The van der Waals surface area contributed by atoms with Crippen LogP contribution in [0.3, 0.4) is 0 Å². The first-order valence-electron chi connectivity index (χ1n) is 6.08. The summed E-state index contributed by atoms with van der Waals surface area (Å²) in [6.07, 6.45) is 0. The van der Waals surface area contributed by atoms with Gasteiger partial charge < -0.3 is 0 Å². The fraction of sp³-hybridized carbons (Fsp3) is 0.250. The Hall–Kier alpha value is -0.473. The van der Waals surface area contributed by atoms with Gasteiger partial charge in [-0.1, -0.05) is 94.5 Å². The maximum absolute atomic E-state index is 6.18. The summed E-state index contributed by atoms with van der Waals surface area (Å²) < 4.78 is -1.37. The Morgan fingerprint density at radius 1 is 0.700 bits per heavy atom. The predicted molar refractivity (Wildman–Crippen MR) is 95.8 cm³/mol. The maximum Gasteiger partial charge on any atom is 0.201 e. The first kappa shape index (κ1) is 17.6. The Balaban J connectivity index is 0.00000200. The standard InChI is InChI=1S/C16H15Cl3.H4Si/c1-11-3-7-13(8-4-11)15(16(17,18)19)14-9-5-12(2)6-10-14;/h3-10,15H,1-2H3;1H4. The van der Waals surface area contributed by atoms with Gasteiger partial charge in [0.25, 0.3) is 0 Å². The minimum atomic E-state index is -1.37. The van der Waals surface area contributed by atoms with Crippen molar-refractivity contribution in [3.8, 4) is 0 Å². The molecule has 0 N–H and O–H groups in total. The maximum atomic E-state index is 6.18. The number of hydrogen-bond acceptors (Lipinski definition) is 0. The molecule has 0 heterocycles. The first-order chi connectivity index (χ1) is 8.88. The lowest BCUT2D eigenvalue weighted by atomic mass is 9.91. The lowest BCUT2D eigenvalue weighted by molar-refractivity contribution is 0.838. The van der Waals surface area contributed by atoms with E-state index in [1.807, 2.05) is 62.4 Å². The Kier molecular flexibility index (Phi) is 6.15. The second kappa shape index (κ2) is 6.99. The molecule has 108 valence electrons. The monoisotopic (exact) mass is 344 g/mol. The molecule has 0 saturated heterocycles. The van der Waals surface area contributed by atoms with Crippen LogP contribution in [0, 0.1) is 13.8 Å². The minimum Gasteiger partial charge on any atom is -0.0826 e. The van der Waals surface area contributed by atoms with E-state index in [9.17, 15) is 0 Å². The summed E-state index contributed by atoms with van der Waals surface area (Å²) in [6.45, 7) is 4.08. The fourth-order valence-corrected chi connectivity index (χ4v) is 2.84. The van der Waals surface area contributed by atoms with Gasteiger partial charge in [0, 0.05) is 0 Å². The third kappa shape index (κ3) is 4.26. The van der Waals surface area contributed by atoms with E-state index in [0.29, 0.717) is 0 Å². The molecular weight excluding hydrogens is 327 g/mol. The van der Waals surface area contributed by atoms with Crippen LogP contribution in [0.15, 0.2) is 48.5 Å². The van der Waals surface area contributed by atoms with Gasteiger partial charge in [0.1, 0.15) is 0 Å². The predicted octanol–water partition coefficient (Wildman–Crippen LogP) is 4.35. The van der Waals surface area contributed by atoms with Crippen molar-refractivity contribution in [1.82, 2.24) is 0 Å². The van der Waals surface area contributed by atoms with Crippen molar-refractivity contribution < 1.29 is 0 Å². The van der Waals surface area contributed by atoms with Crippen LogP contribution in [0.1, 0.15) is 28.2 Å². The van der Waals surface area contributed by atoms with Crippen LogP contribution in [0.2, 0.25) is 0 Å². The van der Waals surface area contributed by atoms with Crippen molar-refractivity contribution in [1.29, 1.82) is 0 Å². The summed E-state index contributed by atoms with van der Waals surface area (Å²) in [4.78, 5) is 0. The number of hydrogen-bond donors (Lipinski definition) is 0. The molecule has 0 saturated carbocycles. The number of rotatable bonds is 2. The van der Waals surface area contributed by atoms with Crippen LogP contribution < -0.4 is 0 Å². The summed E-state index contributed by atoms with van der Waals surface area (Å²) in [5.41, 5.74) is 4.40. The topological polar surface area (TPSA) is 0 Å². The number of alkyl halides is 3. The van der Waals surface area contributed by atoms with E-state index in [4.69, 9.17) is 34.8 Å². The van der Waals surface area contributed by atoms with Gasteiger partial charge in [-0.05, 0) is 35.9 Å².